The van der Waals surface area contributed by atoms with E-state index in [2.05, 4.69) is 35.4 Å². The smallest absolute Gasteiger partial charge is 0.287 e. The predicted octanol–water partition coefficient (Wildman–Crippen LogP) is 3.26. The molecule has 5 nitrogen and oxygen atoms in total. The zero-order chi connectivity index (χ0) is 14.5. The molecule has 0 unspecified atom stereocenters. The highest BCUT2D eigenvalue weighted by atomic mass is 16.6. The van der Waals surface area contributed by atoms with Gasteiger partial charge in [-0.05, 0) is 31.4 Å². The number of nitro groups is 1. The molecule has 2 rings (SSSR count). The van der Waals surface area contributed by atoms with Gasteiger partial charge in [-0.3, -0.25) is 10.1 Å². The number of anilines is 1. The number of hydrogen-bond acceptors (Lipinski definition) is 4. The Morgan fingerprint density at radius 2 is 2.10 bits per heavy atom. The number of nitrogens with one attached hydrogen (secondary N) is 1. The molecule has 20 heavy (non-hydrogen) atoms. The summed E-state index contributed by atoms with van der Waals surface area (Å²) in [6, 6.07) is 9.88. The second-order valence-corrected chi connectivity index (χ2v) is 4.78. The second-order valence-electron chi connectivity index (χ2n) is 4.78. The summed E-state index contributed by atoms with van der Waals surface area (Å²) in [7, 11) is 0. The van der Waals surface area contributed by atoms with E-state index < -0.39 is 4.92 Å². The van der Waals surface area contributed by atoms with Crippen LogP contribution >= 0.6 is 0 Å². The van der Waals surface area contributed by atoms with Crippen LogP contribution in [0, 0.1) is 24.0 Å². The highest BCUT2D eigenvalue weighted by Gasteiger charge is 2.08. The van der Waals surface area contributed by atoms with Crippen LogP contribution in [0.25, 0.3) is 0 Å². The highest BCUT2D eigenvalue weighted by Crippen LogP contribution is 2.17. The highest BCUT2D eigenvalue weighted by molar-refractivity contribution is 5.48. The third kappa shape index (κ3) is 3.54. The fraction of sp³-hybridized carbons (Fsp3) is 0.267. The van der Waals surface area contributed by atoms with Gasteiger partial charge in [-0.25, -0.2) is 4.98 Å². The Morgan fingerprint density at radius 3 is 2.75 bits per heavy atom. The first-order valence-electron chi connectivity index (χ1n) is 6.47. The summed E-state index contributed by atoms with van der Waals surface area (Å²) in [6.07, 6.45) is 2.17. The van der Waals surface area contributed by atoms with Gasteiger partial charge in [0.1, 0.15) is 12.0 Å². The number of hydrogen-bond donors (Lipinski definition) is 1. The average molecular weight is 271 g/mol. The van der Waals surface area contributed by atoms with Gasteiger partial charge < -0.3 is 5.32 Å². The van der Waals surface area contributed by atoms with Crippen LogP contribution in [0.2, 0.25) is 0 Å². The van der Waals surface area contributed by atoms with Crippen molar-refractivity contribution in [1.82, 2.24) is 4.98 Å². The number of benzene rings is 1. The summed E-state index contributed by atoms with van der Waals surface area (Å²) in [5, 5.41) is 13.9. The molecule has 0 aliphatic heterocycles. The summed E-state index contributed by atoms with van der Waals surface area (Å²) in [4.78, 5) is 14.3. The summed E-state index contributed by atoms with van der Waals surface area (Å²) in [5.41, 5.74) is 3.30. The molecule has 1 heterocycles. The maximum atomic E-state index is 10.6. The molecule has 0 bridgehead atoms. The minimum Gasteiger partial charge on any atom is -0.370 e. The van der Waals surface area contributed by atoms with Crippen molar-refractivity contribution in [3.63, 3.8) is 0 Å². The van der Waals surface area contributed by atoms with Crippen molar-refractivity contribution < 1.29 is 4.92 Å². The van der Waals surface area contributed by atoms with Gasteiger partial charge in [0.25, 0.3) is 5.69 Å². The van der Waals surface area contributed by atoms with Gasteiger partial charge in [0.05, 0.1) is 4.92 Å². The maximum absolute atomic E-state index is 10.6. The summed E-state index contributed by atoms with van der Waals surface area (Å²) in [6.45, 7) is 4.63. The largest absolute Gasteiger partial charge is 0.370 e. The Kier molecular flexibility index (Phi) is 4.30. The van der Waals surface area contributed by atoms with E-state index in [1.807, 2.05) is 13.0 Å². The molecule has 0 saturated heterocycles. The molecule has 5 heteroatoms. The van der Waals surface area contributed by atoms with Crippen molar-refractivity contribution in [1.29, 1.82) is 0 Å². The predicted molar refractivity (Wildman–Crippen MR) is 79.0 cm³/mol. The monoisotopic (exact) mass is 271 g/mol. The lowest BCUT2D eigenvalue weighted by atomic mass is 10.1. The van der Waals surface area contributed by atoms with E-state index in [-0.39, 0.29) is 5.69 Å². The third-order valence-corrected chi connectivity index (χ3v) is 3.06. The van der Waals surface area contributed by atoms with Crippen LogP contribution < -0.4 is 5.32 Å². The molecule has 0 amide bonds. The topological polar surface area (TPSA) is 68.1 Å². The van der Waals surface area contributed by atoms with Crippen molar-refractivity contribution in [3.8, 4) is 0 Å². The summed E-state index contributed by atoms with van der Waals surface area (Å²) in [5.74, 6) is 0.697. The summed E-state index contributed by atoms with van der Waals surface area (Å²) >= 11 is 0. The number of rotatable bonds is 5. The number of aryl methyl sites for hydroxylation is 2. The van der Waals surface area contributed by atoms with E-state index in [0.29, 0.717) is 5.82 Å². The first kappa shape index (κ1) is 14.0. The minimum atomic E-state index is -0.434. The van der Waals surface area contributed by atoms with Crippen molar-refractivity contribution in [2.24, 2.45) is 0 Å². The van der Waals surface area contributed by atoms with E-state index in [1.165, 1.54) is 23.4 Å². The molecular formula is C15H17N3O2. The van der Waals surface area contributed by atoms with Crippen LogP contribution in [0.1, 0.15) is 16.7 Å². The van der Waals surface area contributed by atoms with E-state index in [9.17, 15) is 10.1 Å². The van der Waals surface area contributed by atoms with Crippen LogP contribution in [0.5, 0.6) is 0 Å². The van der Waals surface area contributed by atoms with E-state index in [1.54, 1.807) is 0 Å². The Morgan fingerprint density at radius 1 is 1.30 bits per heavy atom. The molecule has 104 valence electrons. The molecule has 0 radical (unpaired) electrons. The second kappa shape index (κ2) is 6.14. The van der Waals surface area contributed by atoms with E-state index >= 15 is 0 Å². The molecule has 0 fully saturated rings. The maximum Gasteiger partial charge on any atom is 0.287 e. The quantitative estimate of drug-likeness (QED) is 0.669. The van der Waals surface area contributed by atoms with Crippen LogP contribution in [0.4, 0.5) is 11.5 Å². The van der Waals surface area contributed by atoms with Crippen molar-refractivity contribution in [3.05, 3.63) is 63.3 Å². The average Bonchev–Trinajstić information content (AvgIpc) is 2.40. The van der Waals surface area contributed by atoms with Crippen LogP contribution in [-0.2, 0) is 6.42 Å². The Balaban J connectivity index is 1.96. The van der Waals surface area contributed by atoms with Gasteiger partial charge in [0, 0.05) is 12.6 Å². The van der Waals surface area contributed by atoms with Crippen LogP contribution in [0.15, 0.2) is 36.5 Å². The first-order valence-corrected chi connectivity index (χ1v) is 6.47. The number of nitrogens with zero attached hydrogens (tertiary/aromatic N) is 2. The lowest BCUT2D eigenvalue weighted by Gasteiger charge is -2.08. The van der Waals surface area contributed by atoms with Crippen molar-refractivity contribution in [2.45, 2.75) is 20.3 Å². The minimum absolute atomic E-state index is 0.0201. The first-order chi connectivity index (χ1) is 9.56. The Bertz CT molecular complexity index is 626. The lowest BCUT2D eigenvalue weighted by molar-refractivity contribution is -0.385. The zero-order valence-electron chi connectivity index (χ0n) is 11.6. The fourth-order valence-corrected chi connectivity index (χ4v) is 2.04. The summed E-state index contributed by atoms with van der Waals surface area (Å²) < 4.78 is 0. The number of pyridine rings is 1. The molecule has 0 saturated carbocycles. The van der Waals surface area contributed by atoms with Gasteiger partial charge in [-0.15, -0.1) is 0 Å². The lowest BCUT2D eigenvalue weighted by Crippen LogP contribution is -2.08. The van der Waals surface area contributed by atoms with E-state index in [0.717, 1.165) is 18.5 Å². The fourth-order valence-electron chi connectivity index (χ4n) is 2.04. The SMILES string of the molecule is Cc1cccc(CCNc2ncc([N+](=O)[O-])cc2C)c1. The molecule has 2 aromatic rings. The van der Waals surface area contributed by atoms with Gasteiger partial charge >= 0.3 is 0 Å². The van der Waals surface area contributed by atoms with Gasteiger partial charge in [-0.1, -0.05) is 29.8 Å². The molecule has 1 N–H and O–H groups in total. The van der Waals surface area contributed by atoms with Crippen molar-refractivity contribution in [2.75, 3.05) is 11.9 Å². The van der Waals surface area contributed by atoms with Crippen LogP contribution in [-0.4, -0.2) is 16.5 Å². The van der Waals surface area contributed by atoms with Gasteiger partial charge in [-0.2, -0.15) is 0 Å². The molecule has 1 aromatic carbocycles. The standard InChI is InChI=1S/C15H17N3O2/c1-11-4-3-5-13(8-11)6-7-16-15-12(2)9-14(10-17-15)18(19)20/h3-5,8-10H,6-7H2,1-2H3,(H,16,17). The van der Waals surface area contributed by atoms with Gasteiger partial charge in [0.2, 0.25) is 0 Å². The third-order valence-electron chi connectivity index (χ3n) is 3.06. The molecular weight excluding hydrogens is 254 g/mol. The number of aromatic nitrogens is 1. The molecule has 1 aromatic heterocycles. The van der Waals surface area contributed by atoms with Crippen molar-refractivity contribution >= 4 is 11.5 Å². The van der Waals surface area contributed by atoms with Gasteiger partial charge in [0.15, 0.2) is 0 Å². The van der Waals surface area contributed by atoms with Crippen LogP contribution in [0.3, 0.4) is 0 Å². The Hall–Kier alpha value is -2.43. The molecule has 0 aliphatic carbocycles. The zero-order valence-corrected chi connectivity index (χ0v) is 11.6. The molecule has 0 atom stereocenters. The Labute approximate surface area is 117 Å². The van der Waals surface area contributed by atoms with E-state index in [4.69, 9.17) is 0 Å². The molecule has 0 aliphatic rings. The molecule has 0 spiro atoms. The normalized spacial score (nSPS) is 10.3.